The number of carboxylic acid groups (broad SMARTS) is 1. The molecule has 0 heterocycles. The van der Waals surface area contributed by atoms with Gasteiger partial charge in [-0.15, -0.1) is 0 Å². The van der Waals surface area contributed by atoms with E-state index in [9.17, 15) is 14.7 Å². The Bertz CT molecular complexity index is 467. The van der Waals surface area contributed by atoms with Crippen molar-refractivity contribution in [3.8, 4) is 0 Å². The molecule has 5 nitrogen and oxygen atoms in total. The van der Waals surface area contributed by atoms with Crippen molar-refractivity contribution in [3.05, 3.63) is 34.9 Å². The van der Waals surface area contributed by atoms with E-state index in [0.29, 0.717) is 18.4 Å². The lowest BCUT2D eigenvalue weighted by molar-refractivity contribution is -0.147. The maximum absolute atomic E-state index is 11.1. The van der Waals surface area contributed by atoms with Crippen LogP contribution in [0.2, 0.25) is 0 Å². The molecular formula is C14H18O5. The summed E-state index contributed by atoms with van der Waals surface area (Å²) in [7, 11) is 1.34. The highest BCUT2D eigenvalue weighted by molar-refractivity contribution is 5.74. The van der Waals surface area contributed by atoms with E-state index >= 15 is 0 Å². The molecule has 0 aromatic heterocycles. The molecule has 0 aliphatic carbocycles. The molecule has 1 aromatic rings. The Morgan fingerprint density at radius 2 is 2.00 bits per heavy atom. The number of aryl methyl sites for hydroxylation is 2. The first-order valence-corrected chi connectivity index (χ1v) is 6.09. The summed E-state index contributed by atoms with van der Waals surface area (Å²) in [6, 6.07) is 5.00. The lowest BCUT2D eigenvalue weighted by Crippen LogP contribution is -2.11. The van der Waals surface area contributed by atoms with Crippen LogP contribution in [0.5, 0.6) is 0 Å². The molecule has 0 aliphatic heterocycles. The van der Waals surface area contributed by atoms with Gasteiger partial charge in [0, 0.05) is 6.42 Å². The topological polar surface area (TPSA) is 83.8 Å². The molecule has 0 fully saturated rings. The van der Waals surface area contributed by atoms with Crippen LogP contribution in [-0.4, -0.2) is 29.3 Å². The molecule has 2 N–H and O–H groups in total. The molecule has 0 radical (unpaired) electrons. The van der Waals surface area contributed by atoms with Gasteiger partial charge in [0.05, 0.1) is 7.11 Å². The standard InChI is InChI=1S/C14H18O5/c1-3-9-8-11(13(16)14(17)18)5-4-10(9)6-7-12(15)19-2/h4-5,8,13,16H,3,6-7H2,1-2H3,(H,17,18). The van der Waals surface area contributed by atoms with Gasteiger partial charge in [0.1, 0.15) is 0 Å². The van der Waals surface area contributed by atoms with Gasteiger partial charge in [-0.25, -0.2) is 4.79 Å². The number of methoxy groups -OCH3 is 1. The van der Waals surface area contributed by atoms with Crippen LogP contribution in [0.25, 0.3) is 0 Å². The van der Waals surface area contributed by atoms with E-state index in [1.807, 2.05) is 6.92 Å². The lowest BCUT2D eigenvalue weighted by Gasteiger charge is -2.12. The number of aliphatic hydroxyl groups is 1. The van der Waals surface area contributed by atoms with Crippen LogP contribution < -0.4 is 0 Å². The van der Waals surface area contributed by atoms with E-state index in [0.717, 1.165) is 11.1 Å². The zero-order valence-corrected chi connectivity index (χ0v) is 11.0. The Morgan fingerprint density at radius 1 is 1.32 bits per heavy atom. The molecule has 104 valence electrons. The maximum atomic E-state index is 11.1. The predicted molar refractivity (Wildman–Crippen MR) is 68.8 cm³/mol. The highest BCUT2D eigenvalue weighted by Gasteiger charge is 2.17. The molecule has 1 aromatic carbocycles. The highest BCUT2D eigenvalue weighted by Crippen LogP contribution is 2.20. The number of hydrogen-bond acceptors (Lipinski definition) is 4. The minimum Gasteiger partial charge on any atom is -0.479 e. The van der Waals surface area contributed by atoms with Crippen molar-refractivity contribution in [2.24, 2.45) is 0 Å². The second-order valence-electron chi connectivity index (χ2n) is 4.20. The third-order valence-electron chi connectivity index (χ3n) is 2.99. The molecule has 0 saturated heterocycles. The molecule has 19 heavy (non-hydrogen) atoms. The molecule has 1 unspecified atom stereocenters. The van der Waals surface area contributed by atoms with Crippen molar-refractivity contribution in [2.75, 3.05) is 7.11 Å². The number of esters is 1. The molecule has 0 amide bonds. The number of ether oxygens (including phenoxy) is 1. The summed E-state index contributed by atoms with van der Waals surface area (Å²) >= 11 is 0. The van der Waals surface area contributed by atoms with Crippen molar-refractivity contribution in [3.63, 3.8) is 0 Å². The van der Waals surface area contributed by atoms with Crippen LogP contribution in [0.1, 0.15) is 36.1 Å². The van der Waals surface area contributed by atoms with Gasteiger partial charge in [0.2, 0.25) is 0 Å². The summed E-state index contributed by atoms with van der Waals surface area (Å²) in [5.74, 6) is -1.55. The van der Waals surface area contributed by atoms with Gasteiger partial charge in [0.25, 0.3) is 0 Å². The first kappa shape index (κ1) is 15.2. The number of carbonyl (C=O) groups is 2. The van der Waals surface area contributed by atoms with Crippen LogP contribution in [0.3, 0.4) is 0 Å². The average Bonchev–Trinajstić information content (AvgIpc) is 2.43. The number of carboxylic acids is 1. The molecule has 5 heteroatoms. The molecule has 0 bridgehead atoms. The maximum Gasteiger partial charge on any atom is 0.337 e. The number of benzene rings is 1. The lowest BCUT2D eigenvalue weighted by atomic mass is 9.96. The van der Waals surface area contributed by atoms with Crippen molar-refractivity contribution < 1.29 is 24.5 Å². The zero-order valence-electron chi connectivity index (χ0n) is 11.0. The quantitative estimate of drug-likeness (QED) is 0.762. The fourth-order valence-electron chi connectivity index (χ4n) is 1.87. The Balaban J connectivity index is 2.90. The van der Waals surface area contributed by atoms with Crippen LogP contribution in [0.15, 0.2) is 18.2 Å². The monoisotopic (exact) mass is 266 g/mol. The number of carbonyl (C=O) groups excluding carboxylic acids is 1. The number of hydrogen-bond donors (Lipinski definition) is 2. The summed E-state index contributed by atoms with van der Waals surface area (Å²) in [6.45, 7) is 1.94. The third-order valence-corrected chi connectivity index (χ3v) is 2.99. The van der Waals surface area contributed by atoms with Gasteiger partial charge in [-0.1, -0.05) is 25.1 Å². The highest BCUT2D eigenvalue weighted by atomic mass is 16.5. The first-order valence-electron chi connectivity index (χ1n) is 6.09. The SMILES string of the molecule is CCc1cc(C(O)C(=O)O)ccc1CCC(=O)OC. The van der Waals surface area contributed by atoms with E-state index in [1.165, 1.54) is 7.11 Å². The average molecular weight is 266 g/mol. The molecule has 0 aliphatic rings. The summed E-state index contributed by atoms with van der Waals surface area (Å²) in [5, 5.41) is 18.3. The second-order valence-corrected chi connectivity index (χ2v) is 4.20. The van der Waals surface area contributed by atoms with E-state index in [-0.39, 0.29) is 12.4 Å². The summed E-state index contributed by atoms with van der Waals surface area (Å²) < 4.78 is 4.58. The van der Waals surface area contributed by atoms with Crippen molar-refractivity contribution in [2.45, 2.75) is 32.3 Å². The molecule has 1 atom stereocenters. The smallest absolute Gasteiger partial charge is 0.337 e. The molecular weight excluding hydrogens is 248 g/mol. The second kappa shape index (κ2) is 6.89. The van der Waals surface area contributed by atoms with E-state index in [2.05, 4.69) is 4.74 Å². The van der Waals surface area contributed by atoms with Gasteiger partial charge in [0.15, 0.2) is 6.10 Å². The molecule has 1 rings (SSSR count). The van der Waals surface area contributed by atoms with E-state index in [1.54, 1.807) is 18.2 Å². The summed E-state index contributed by atoms with van der Waals surface area (Å²) in [4.78, 5) is 21.8. The zero-order chi connectivity index (χ0) is 14.4. The van der Waals surface area contributed by atoms with Crippen molar-refractivity contribution in [1.29, 1.82) is 0 Å². The Labute approximate surface area is 111 Å². The Morgan fingerprint density at radius 3 is 2.53 bits per heavy atom. The number of aliphatic hydroxyl groups excluding tert-OH is 1. The fraction of sp³-hybridized carbons (Fsp3) is 0.429. The Kier molecular flexibility index (Phi) is 5.51. The third kappa shape index (κ3) is 4.06. The summed E-state index contributed by atoms with van der Waals surface area (Å²) in [6.07, 6.45) is 0.0142. The van der Waals surface area contributed by atoms with Crippen molar-refractivity contribution in [1.82, 2.24) is 0 Å². The van der Waals surface area contributed by atoms with Crippen molar-refractivity contribution >= 4 is 11.9 Å². The largest absolute Gasteiger partial charge is 0.479 e. The normalized spacial score (nSPS) is 11.9. The van der Waals surface area contributed by atoms with Gasteiger partial charge in [-0.2, -0.15) is 0 Å². The van der Waals surface area contributed by atoms with E-state index < -0.39 is 12.1 Å². The van der Waals surface area contributed by atoms with E-state index in [4.69, 9.17) is 5.11 Å². The first-order chi connectivity index (χ1) is 8.99. The number of rotatable bonds is 6. The minimum atomic E-state index is -1.51. The van der Waals surface area contributed by atoms with Crippen LogP contribution in [0, 0.1) is 0 Å². The van der Waals surface area contributed by atoms with Gasteiger partial charge in [-0.3, -0.25) is 4.79 Å². The Hall–Kier alpha value is -1.88. The molecule has 0 spiro atoms. The molecule has 0 saturated carbocycles. The van der Waals surface area contributed by atoms with Gasteiger partial charge >= 0.3 is 11.9 Å². The minimum absolute atomic E-state index is 0.281. The summed E-state index contributed by atoms with van der Waals surface area (Å²) in [5.41, 5.74) is 2.25. The van der Waals surface area contributed by atoms with Gasteiger partial charge in [-0.05, 0) is 29.5 Å². The number of aliphatic carboxylic acids is 1. The van der Waals surface area contributed by atoms with Crippen LogP contribution >= 0.6 is 0 Å². The van der Waals surface area contributed by atoms with Gasteiger partial charge < -0.3 is 14.9 Å². The predicted octanol–water partition coefficient (Wildman–Crippen LogP) is 1.47. The van der Waals surface area contributed by atoms with Crippen LogP contribution in [-0.2, 0) is 27.2 Å². The fourth-order valence-corrected chi connectivity index (χ4v) is 1.87. The van der Waals surface area contributed by atoms with Crippen LogP contribution in [0.4, 0.5) is 0 Å².